The molecule has 1 unspecified atom stereocenters. The highest BCUT2D eigenvalue weighted by molar-refractivity contribution is 5.27. The predicted octanol–water partition coefficient (Wildman–Crippen LogP) is 2.01. The predicted molar refractivity (Wildman–Crippen MR) is 56.9 cm³/mol. The van der Waals surface area contributed by atoms with Crippen molar-refractivity contribution in [2.45, 2.75) is 46.7 Å². The molecule has 13 heavy (non-hydrogen) atoms. The van der Waals surface area contributed by atoms with Gasteiger partial charge in [0.15, 0.2) is 0 Å². The molecule has 1 heterocycles. The minimum atomic E-state index is 0.255. The summed E-state index contributed by atoms with van der Waals surface area (Å²) in [6.07, 6.45) is 0.986. The smallest absolute Gasteiger partial charge is 0.0196 e. The molecule has 0 aliphatic rings. The van der Waals surface area contributed by atoms with Crippen LogP contribution in [0.4, 0.5) is 0 Å². The average Bonchev–Trinajstić information content (AvgIpc) is 2.26. The van der Waals surface area contributed by atoms with Gasteiger partial charge in [-0.3, -0.25) is 0 Å². The molecule has 0 aromatic carbocycles. The van der Waals surface area contributed by atoms with Crippen LogP contribution in [0, 0.1) is 13.8 Å². The molecule has 0 spiro atoms. The Morgan fingerprint density at radius 1 is 1.46 bits per heavy atom. The van der Waals surface area contributed by atoms with Gasteiger partial charge >= 0.3 is 0 Å². The maximum Gasteiger partial charge on any atom is 0.0196 e. The summed E-state index contributed by atoms with van der Waals surface area (Å²) in [4.78, 5) is 0. The maximum absolute atomic E-state index is 5.78. The van der Waals surface area contributed by atoms with Gasteiger partial charge in [0.25, 0.3) is 0 Å². The molecule has 0 amide bonds. The molecule has 2 nitrogen and oxygen atoms in total. The van der Waals surface area contributed by atoms with Gasteiger partial charge in [0.1, 0.15) is 0 Å². The second-order valence-corrected chi connectivity index (χ2v) is 3.82. The third kappa shape index (κ3) is 2.13. The summed E-state index contributed by atoms with van der Waals surface area (Å²) >= 11 is 0. The van der Waals surface area contributed by atoms with Crippen LogP contribution < -0.4 is 5.73 Å². The minimum absolute atomic E-state index is 0.255. The standard InChI is InChI=1S/C11H20N2/c1-5-13-9(3)7-11(10(13)4)6-8(2)12/h7-8H,5-6,12H2,1-4H3. The number of aryl methyl sites for hydroxylation is 1. The van der Waals surface area contributed by atoms with E-state index in [4.69, 9.17) is 5.73 Å². The van der Waals surface area contributed by atoms with Crippen LogP contribution in [0.5, 0.6) is 0 Å². The van der Waals surface area contributed by atoms with Crippen molar-refractivity contribution in [1.82, 2.24) is 4.57 Å². The number of hydrogen-bond donors (Lipinski definition) is 1. The zero-order valence-corrected chi connectivity index (χ0v) is 9.09. The highest BCUT2D eigenvalue weighted by atomic mass is 15.0. The van der Waals surface area contributed by atoms with Gasteiger partial charge in [0.05, 0.1) is 0 Å². The van der Waals surface area contributed by atoms with Crippen LogP contribution in [0.2, 0.25) is 0 Å². The van der Waals surface area contributed by atoms with Gasteiger partial charge in [-0.05, 0) is 45.7 Å². The number of hydrogen-bond acceptors (Lipinski definition) is 1. The first-order chi connectivity index (χ1) is 6.06. The molecule has 0 bridgehead atoms. The first-order valence-corrected chi connectivity index (χ1v) is 4.97. The van der Waals surface area contributed by atoms with E-state index >= 15 is 0 Å². The lowest BCUT2D eigenvalue weighted by molar-refractivity contribution is 0.698. The summed E-state index contributed by atoms with van der Waals surface area (Å²) in [6.45, 7) is 9.61. The Bertz CT molecular complexity index is 285. The molecule has 74 valence electrons. The van der Waals surface area contributed by atoms with E-state index in [9.17, 15) is 0 Å². The molecule has 0 saturated carbocycles. The molecule has 1 aromatic rings. The van der Waals surface area contributed by atoms with E-state index in [0.717, 1.165) is 13.0 Å². The van der Waals surface area contributed by atoms with Gasteiger partial charge in [-0.1, -0.05) is 0 Å². The van der Waals surface area contributed by atoms with Gasteiger partial charge in [-0.15, -0.1) is 0 Å². The molecule has 0 fully saturated rings. The highest BCUT2D eigenvalue weighted by Gasteiger charge is 2.08. The van der Waals surface area contributed by atoms with Gasteiger partial charge in [0.2, 0.25) is 0 Å². The van der Waals surface area contributed by atoms with Crippen LogP contribution in [-0.4, -0.2) is 10.6 Å². The molecule has 0 saturated heterocycles. The highest BCUT2D eigenvalue weighted by Crippen LogP contribution is 2.15. The Balaban J connectivity index is 2.96. The van der Waals surface area contributed by atoms with Crippen LogP contribution in [0.25, 0.3) is 0 Å². The molecular formula is C11H20N2. The average molecular weight is 180 g/mol. The SMILES string of the molecule is CCn1c(C)cc(CC(C)N)c1C. The first-order valence-electron chi connectivity index (χ1n) is 4.97. The van der Waals surface area contributed by atoms with Crippen LogP contribution in [0.15, 0.2) is 6.07 Å². The second-order valence-electron chi connectivity index (χ2n) is 3.82. The number of rotatable bonds is 3. The normalized spacial score (nSPS) is 13.3. The van der Waals surface area contributed by atoms with Crippen LogP contribution in [-0.2, 0) is 13.0 Å². The Morgan fingerprint density at radius 2 is 2.08 bits per heavy atom. The lowest BCUT2D eigenvalue weighted by atomic mass is 10.1. The van der Waals surface area contributed by atoms with Gasteiger partial charge in [-0.25, -0.2) is 0 Å². The van der Waals surface area contributed by atoms with Crippen molar-refractivity contribution >= 4 is 0 Å². The van der Waals surface area contributed by atoms with Gasteiger partial charge in [0, 0.05) is 24.0 Å². The van der Waals surface area contributed by atoms with Gasteiger partial charge < -0.3 is 10.3 Å². The van der Waals surface area contributed by atoms with Gasteiger partial charge in [-0.2, -0.15) is 0 Å². The third-order valence-corrected chi connectivity index (χ3v) is 2.54. The van der Waals surface area contributed by atoms with E-state index in [1.807, 2.05) is 0 Å². The fourth-order valence-electron chi connectivity index (χ4n) is 1.91. The van der Waals surface area contributed by atoms with E-state index in [2.05, 4.69) is 38.3 Å². The molecule has 0 radical (unpaired) electrons. The van der Waals surface area contributed by atoms with Crippen molar-refractivity contribution in [2.24, 2.45) is 5.73 Å². The summed E-state index contributed by atoms with van der Waals surface area (Å²) in [5.74, 6) is 0. The summed E-state index contributed by atoms with van der Waals surface area (Å²) in [5, 5.41) is 0. The summed E-state index contributed by atoms with van der Waals surface area (Å²) in [7, 11) is 0. The second kappa shape index (κ2) is 3.97. The molecular weight excluding hydrogens is 160 g/mol. The lowest BCUT2D eigenvalue weighted by Crippen LogP contribution is -2.18. The minimum Gasteiger partial charge on any atom is -0.349 e. The molecule has 1 atom stereocenters. The Hall–Kier alpha value is -0.760. The lowest BCUT2D eigenvalue weighted by Gasteiger charge is -2.07. The van der Waals surface area contributed by atoms with E-state index in [1.165, 1.54) is 17.0 Å². The van der Waals surface area contributed by atoms with Crippen LogP contribution in [0.3, 0.4) is 0 Å². The molecule has 1 rings (SSSR count). The van der Waals surface area contributed by atoms with Crippen molar-refractivity contribution in [3.63, 3.8) is 0 Å². The Morgan fingerprint density at radius 3 is 2.46 bits per heavy atom. The van der Waals surface area contributed by atoms with Crippen molar-refractivity contribution in [1.29, 1.82) is 0 Å². The number of aromatic nitrogens is 1. The van der Waals surface area contributed by atoms with E-state index in [-0.39, 0.29) is 6.04 Å². The van der Waals surface area contributed by atoms with Crippen LogP contribution >= 0.6 is 0 Å². The fourth-order valence-corrected chi connectivity index (χ4v) is 1.91. The molecule has 2 heteroatoms. The monoisotopic (exact) mass is 180 g/mol. The molecule has 0 aliphatic heterocycles. The number of nitrogens with two attached hydrogens (primary N) is 1. The molecule has 2 N–H and O–H groups in total. The quantitative estimate of drug-likeness (QED) is 0.758. The Labute approximate surface area is 80.7 Å². The third-order valence-electron chi connectivity index (χ3n) is 2.54. The maximum atomic E-state index is 5.78. The van der Waals surface area contributed by atoms with Crippen molar-refractivity contribution < 1.29 is 0 Å². The van der Waals surface area contributed by atoms with Crippen molar-refractivity contribution in [2.75, 3.05) is 0 Å². The topological polar surface area (TPSA) is 30.9 Å². The summed E-state index contributed by atoms with van der Waals surface area (Å²) in [6, 6.07) is 2.51. The van der Waals surface area contributed by atoms with Crippen molar-refractivity contribution in [3.8, 4) is 0 Å². The zero-order chi connectivity index (χ0) is 10.0. The van der Waals surface area contributed by atoms with Crippen LogP contribution in [0.1, 0.15) is 30.8 Å². The first kappa shape index (κ1) is 10.3. The molecule has 0 aliphatic carbocycles. The largest absolute Gasteiger partial charge is 0.349 e. The van der Waals surface area contributed by atoms with E-state index in [0.29, 0.717) is 0 Å². The summed E-state index contributed by atoms with van der Waals surface area (Å²) < 4.78 is 2.33. The van der Waals surface area contributed by atoms with Crippen molar-refractivity contribution in [3.05, 3.63) is 23.0 Å². The Kier molecular flexibility index (Phi) is 3.15. The van der Waals surface area contributed by atoms with E-state index < -0.39 is 0 Å². The fraction of sp³-hybridized carbons (Fsp3) is 0.636. The number of nitrogens with zero attached hydrogens (tertiary/aromatic N) is 1. The van der Waals surface area contributed by atoms with E-state index in [1.54, 1.807) is 0 Å². The zero-order valence-electron chi connectivity index (χ0n) is 9.09. The summed E-state index contributed by atoms with van der Waals surface area (Å²) in [5.41, 5.74) is 9.90. The molecule has 1 aromatic heterocycles.